The lowest BCUT2D eigenvalue weighted by Gasteiger charge is -2.24. The van der Waals surface area contributed by atoms with Crippen molar-refractivity contribution in [2.75, 3.05) is 18.4 Å². The van der Waals surface area contributed by atoms with Gasteiger partial charge < -0.3 is 10.2 Å². The number of rotatable bonds is 7. The minimum atomic E-state index is -0.257. The topological polar surface area (TPSA) is 67.2 Å². The molecule has 1 heterocycles. The van der Waals surface area contributed by atoms with E-state index in [2.05, 4.69) is 46.9 Å². The van der Waals surface area contributed by atoms with Gasteiger partial charge in [-0.2, -0.15) is 5.10 Å². The fraction of sp³-hybridized carbons (Fsp3) is 0.750. The molecule has 1 aromatic heterocycles. The summed E-state index contributed by atoms with van der Waals surface area (Å²) >= 11 is 0. The molecular weight excluding hydrogens is 328 g/mol. The molecule has 26 heavy (non-hydrogen) atoms. The quantitative estimate of drug-likeness (QED) is 0.797. The van der Waals surface area contributed by atoms with Gasteiger partial charge in [-0.15, -0.1) is 0 Å². The monoisotopic (exact) mass is 364 g/mol. The van der Waals surface area contributed by atoms with Gasteiger partial charge in [-0.05, 0) is 33.6 Å². The maximum atomic E-state index is 12.6. The summed E-state index contributed by atoms with van der Waals surface area (Å²) in [4.78, 5) is 26.4. The first-order valence-electron chi connectivity index (χ1n) is 9.58. The maximum absolute atomic E-state index is 12.6. The predicted molar refractivity (Wildman–Crippen MR) is 106 cm³/mol. The van der Waals surface area contributed by atoms with Crippen LogP contribution in [0, 0.1) is 0 Å². The molecule has 1 rings (SSSR count). The van der Waals surface area contributed by atoms with Gasteiger partial charge in [0, 0.05) is 24.4 Å². The first-order valence-corrected chi connectivity index (χ1v) is 9.58. The highest BCUT2D eigenvalue weighted by Gasteiger charge is 2.26. The highest BCUT2D eigenvalue weighted by molar-refractivity contribution is 5.94. The van der Waals surface area contributed by atoms with Crippen molar-refractivity contribution in [2.45, 2.75) is 85.6 Å². The number of carbonyl (C=O) groups excluding carboxylic acids is 2. The van der Waals surface area contributed by atoms with Crippen molar-refractivity contribution in [1.29, 1.82) is 0 Å². The van der Waals surface area contributed by atoms with Crippen molar-refractivity contribution in [2.24, 2.45) is 0 Å². The molecule has 0 unspecified atom stereocenters. The lowest BCUT2D eigenvalue weighted by Crippen LogP contribution is -2.39. The lowest BCUT2D eigenvalue weighted by molar-refractivity contribution is -0.134. The van der Waals surface area contributed by atoms with Crippen LogP contribution in [0.15, 0.2) is 6.07 Å². The second-order valence-electron chi connectivity index (χ2n) is 8.86. The lowest BCUT2D eigenvalue weighted by atomic mass is 9.92. The van der Waals surface area contributed by atoms with Crippen LogP contribution in [-0.4, -0.2) is 39.6 Å². The molecule has 0 saturated carbocycles. The second kappa shape index (κ2) is 8.69. The van der Waals surface area contributed by atoms with Crippen molar-refractivity contribution in [3.63, 3.8) is 0 Å². The summed E-state index contributed by atoms with van der Waals surface area (Å²) in [7, 11) is 0. The molecule has 148 valence electrons. The first kappa shape index (κ1) is 22.2. The Morgan fingerprint density at radius 1 is 1.12 bits per heavy atom. The molecule has 0 aliphatic carbocycles. The fourth-order valence-corrected chi connectivity index (χ4v) is 2.64. The summed E-state index contributed by atoms with van der Waals surface area (Å²) in [6.07, 6.45) is 2.09. The number of amides is 2. The Morgan fingerprint density at radius 2 is 1.73 bits per heavy atom. The van der Waals surface area contributed by atoms with Crippen LogP contribution in [0.5, 0.6) is 0 Å². The van der Waals surface area contributed by atoms with E-state index in [0.29, 0.717) is 18.8 Å². The van der Waals surface area contributed by atoms with Crippen molar-refractivity contribution in [3.8, 4) is 0 Å². The Bertz CT molecular complexity index is 621. The average molecular weight is 365 g/mol. The Morgan fingerprint density at radius 3 is 2.19 bits per heavy atom. The van der Waals surface area contributed by atoms with Crippen LogP contribution in [-0.2, 0) is 20.5 Å². The first-order chi connectivity index (χ1) is 11.9. The third kappa shape index (κ3) is 6.15. The van der Waals surface area contributed by atoms with E-state index >= 15 is 0 Å². The molecule has 0 aromatic carbocycles. The van der Waals surface area contributed by atoms with Crippen LogP contribution in [0.25, 0.3) is 0 Å². The highest BCUT2D eigenvalue weighted by Crippen LogP contribution is 2.28. The molecule has 6 heteroatoms. The standard InChI is InChI=1S/C20H36N4O2/c1-9-11-18(26)23(12-10-2)14-17(25)21-16-13-15(19(3,4)5)22-24(16)20(6,7)8/h13H,9-12,14H2,1-8H3,(H,21,25). The number of anilines is 1. The molecule has 0 fully saturated rings. The normalized spacial score (nSPS) is 12.2. The van der Waals surface area contributed by atoms with Gasteiger partial charge in [0.25, 0.3) is 0 Å². The number of nitrogens with one attached hydrogen (secondary N) is 1. The molecule has 6 nitrogen and oxygen atoms in total. The number of hydrogen-bond donors (Lipinski definition) is 1. The van der Waals surface area contributed by atoms with E-state index in [1.165, 1.54) is 0 Å². The van der Waals surface area contributed by atoms with Crippen molar-refractivity contribution >= 4 is 17.6 Å². The molecule has 0 saturated heterocycles. The van der Waals surface area contributed by atoms with Gasteiger partial charge >= 0.3 is 0 Å². The fourth-order valence-electron chi connectivity index (χ4n) is 2.64. The van der Waals surface area contributed by atoms with Gasteiger partial charge in [0.1, 0.15) is 5.82 Å². The summed E-state index contributed by atoms with van der Waals surface area (Å²) in [5.41, 5.74) is 0.560. The van der Waals surface area contributed by atoms with E-state index in [4.69, 9.17) is 5.10 Å². The van der Waals surface area contributed by atoms with Gasteiger partial charge in [0.2, 0.25) is 11.8 Å². The van der Waals surface area contributed by atoms with Gasteiger partial charge in [-0.1, -0.05) is 34.6 Å². The van der Waals surface area contributed by atoms with E-state index < -0.39 is 0 Å². The molecule has 0 spiro atoms. The largest absolute Gasteiger partial charge is 0.333 e. The van der Waals surface area contributed by atoms with Gasteiger partial charge in [0.15, 0.2) is 0 Å². The Kier molecular flexibility index (Phi) is 7.42. The zero-order valence-electron chi connectivity index (χ0n) is 17.8. The summed E-state index contributed by atoms with van der Waals surface area (Å²) in [5.74, 6) is 0.518. The van der Waals surface area contributed by atoms with Crippen LogP contribution < -0.4 is 5.32 Å². The van der Waals surface area contributed by atoms with Crippen LogP contribution in [0.4, 0.5) is 5.82 Å². The third-order valence-electron chi connectivity index (χ3n) is 4.03. The SMILES string of the molecule is CCCC(=O)N(CCC)CC(=O)Nc1cc(C(C)(C)C)nn1C(C)(C)C. The van der Waals surface area contributed by atoms with Crippen molar-refractivity contribution < 1.29 is 9.59 Å². The Hall–Kier alpha value is -1.85. The molecule has 0 radical (unpaired) electrons. The third-order valence-corrected chi connectivity index (χ3v) is 4.03. The summed E-state index contributed by atoms with van der Waals surface area (Å²) in [6, 6.07) is 1.93. The zero-order valence-corrected chi connectivity index (χ0v) is 17.8. The molecular formula is C20H36N4O2. The molecule has 2 amide bonds. The molecule has 0 atom stereocenters. The van der Waals surface area contributed by atoms with Gasteiger partial charge in [0.05, 0.1) is 17.8 Å². The van der Waals surface area contributed by atoms with Crippen molar-refractivity contribution in [1.82, 2.24) is 14.7 Å². The summed E-state index contributed by atoms with van der Waals surface area (Å²) in [6.45, 7) is 17.1. The second-order valence-corrected chi connectivity index (χ2v) is 8.86. The molecule has 0 aliphatic heterocycles. The zero-order chi connectivity index (χ0) is 20.1. The predicted octanol–water partition coefficient (Wildman–Crippen LogP) is 3.91. The van der Waals surface area contributed by atoms with E-state index in [0.717, 1.165) is 18.5 Å². The molecule has 1 aromatic rings. The van der Waals surface area contributed by atoms with Crippen LogP contribution >= 0.6 is 0 Å². The number of carbonyl (C=O) groups is 2. The molecule has 0 bridgehead atoms. The van der Waals surface area contributed by atoms with Gasteiger partial charge in [-0.3, -0.25) is 9.59 Å². The van der Waals surface area contributed by atoms with E-state index in [-0.39, 0.29) is 29.3 Å². The van der Waals surface area contributed by atoms with Gasteiger partial charge in [-0.25, -0.2) is 4.68 Å². The molecule has 1 N–H and O–H groups in total. The minimum Gasteiger partial charge on any atom is -0.333 e. The maximum Gasteiger partial charge on any atom is 0.245 e. The Balaban J connectivity index is 3.00. The smallest absolute Gasteiger partial charge is 0.245 e. The number of hydrogen-bond acceptors (Lipinski definition) is 3. The average Bonchev–Trinajstić information content (AvgIpc) is 2.91. The van der Waals surface area contributed by atoms with Crippen LogP contribution in [0.3, 0.4) is 0 Å². The van der Waals surface area contributed by atoms with Crippen molar-refractivity contribution in [3.05, 3.63) is 11.8 Å². The van der Waals surface area contributed by atoms with E-state index in [1.54, 1.807) is 4.90 Å². The number of aromatic nitrogens is 2. The highest BCUT2D eigenvalue weighted by atomic mass is 16.2. The number of nitrogens with zero attached hydrogens (tertiary/aromatic N) is 3. The summed E-state index contributed by atoms with van der Waals surface area (Å²) in [5, 5.41) is 7.67. The Labute approximate surface area is 158 Å². The van der Waals surface area contributed by atoms with Crippen LogP contribution in [0.2, 0.25) is 0 Å². The molecule has 0 aliphatic rings. The summed E-state index contributed by atoms with van der Waals surface area (Å²) < 4.78 is 1.85. The van der Waals surface area contributed by atoms with E-state index in [9.17, 15) is 9.59 Å². The van der Waals surface area contributed by atoms with Crippen LogP contribution in [0.1, 0.15) is 80.3 Å². The van der Waals surface area contributed by atoms with E-state index in [1.807, 2.05) is 24.6 Å². The minimum absolute atomic E-state index is 0.0317.